The molecule has 0 heterocycles. The van der Waals surface area contributed by atoms with Crippen molar-refractivity contribution in [2.24, 2.45) is 0 Å². The van der Waals surface area contributed by atoms with E-state index in [1.807, 2.05) is 13.8 Å². The van der Waals surface area contributed by atoms with Crippen LogP contribution in [0.5, 0.6) is 11.5 Å². The van der Waals surface area contributed by atoms with Crippen molar-refractivity contribution < 1.29 is 24.1 Å². The van der Waals surface area contributed by atoms with E-state index in [1.54, 1.807) is 18.2 Å². The Kier molecular flexibility index (Phi) is 6.66. The number of carboxylic acid groups (broad SMARTS) is 1. The van der Waals surface area contributed by atoms with Crippen LogP contribution in [0, 0.1) is 0 Å². The standard InChI is InChI=1S/C14H21NO5/c1-4-19-10-6-7-13(20-5-2)11(8-10)15-12(9-18-3)14(16)17/h6-8,12,15H,4-5,9H2,1-3H3,(H,16,17). The molecule has 0 saturated carbocycles. The molecule has 1 atom stereocenters. The molecule has 112 valence electrons. The van der Waals surface area contributed by atoms with Crippen molar-refractivity contribution in [2.45, 2.75) is 19.9 Å². The third-order valence-electron chi connectivity index (χ3n) is 2.52. The molecule has 0 spiro atoms. The van der Waals surface area contributed by atoms with Crippen molar-refractivity contribution in [2.75, 3.05) is 32.2 Å². The highest BCUT2D eigenvalue weighted by Gasteiger charge is 2.19. The molecular weight excluding hydrogens is 262 g/mol. The molecule has 6 nitrogen and oxygen atoms in total. The second-order valence-corrected chi connectivity index (χ2v) is 4.01. The zero-order valence-electron chi connectivity index (χ0n) is 12.0. The molecule has 1 aromatic rings. The normalized spacial score (nSPS) is 11.8. The lowest BCUT2D eigenvalue weighted by Gasteiger charge is -2.18. The number of rotatable bonds is 9. The highest BCUT2D eigenvalue weighted by atomic mass is 16.5. The molecule has 1 aromatic carbocycles. The van der Waals surface area contributed by atoms with Crippen molar-refractivity contribution in [3.63, 3.8) is 0 Å². The second kappa shape index (κ2) is 8.27. The molecule has 0 saturated heterocycles. The van der Waals surface area contributed by atoms with Gasteiger partial charge in [-0.1, -0.05) is 0 Å². The molecule has 20 heavy (non-hydrogen) atoms. The summed E-state index contributed by atoms with van der Waals surface area (Å²) in [5.41, 5.74) is 0.572. The predicted octanol–water partition coefficient (Wildman–Crippen LogP) is 2.00. The van der Waals surface area contributed by atoms with Gasteiger partial charge in [0.1, 0.15) is 17.5 Å². The summed E-state index contributed by atoms with van der Waals surface area (Å²) in [4.78, 5) is 11.2. The molecular formula is C14H21NO5. The molecule has 0 aliphatic carbocycles. The first-order valence-corrected chi connectivity index (χ1v) is 6.50. The van der Waals surface area contributed by atoms with Crippen LogP contribution in [-0.4, -0.2) is 44.0 Å². The van der Waals surface area contributed by atoms with Gasteiger partial charge in [-0.05, 0) is 26.0 Å². The largest absolute Gasteiger partial charge is 0.494 e. The topological polar surface area (TPSA) is 77.0 Å². The van der Waals surface area contributed by atoms with Gasteiger partial charge in [-0.15, -0.1) is 0 Å². The third kappa shape index (κ3) is 4.62. The Morgan fingerprint density at radius 3 is 2.55 bits per heavy atom. The SMILES string of the molecule is CCOc1ccc(OCC)c(NC(COC)C(=O)O)c1. The van der Waals surface area contributed by atoms with Gasteiger partial charge in [0.15, 0.2) is 0 Å². The molecule has 0 aliphatic rings. The molecule has 0 bridgehead atoms. The van der Waals surface area contributed by atoms with E-state index < -0.39 is 12.0 Å². The van der Waals surface area contributed by atoms with Gasteiger partial charge >= 0.3 is 5.97 Å². The number of nitrogens with one attached hydrogen (secondary N) is 1. The van der Waals surface area contributed by atoms with E-state index in [9.17, 15) is 4.79 Å². The van der Waals surface area contributed by atoms with Gasteiger partial charge in [0.2, 0.25) is 0 Å². The Labute approximate surface area is 118 Å². The maximum absolute atomic E-state index is 11.2. The third-order valence-corrected chi connectivity index (χ3v) is 2.52. The Morgan fingerprint density at radius 2 is 2.00 bits per heavy atom. The van der Waals surface area contributed by atoms with Gasteiger partial charge in [0, 0.05) is 13.2 Å². The number of hydrogen-bond acceptors (Lipinski definition) is 5. The summed E-state index contributed by atoms with van der Waals surface area (Å²) in [6.07, 6.45) is 0. The van der Waals surface area contributed by atoms with E-state index in [1.165, 1.54) is 7.11 Å². The van der Waals surface area contributed by atoms with Gasteiger partial charge in [0.25, 0.3) is 0 Å². The summed E-state index contributed by atoms with van der Waals surface area (Å²) in [5, 5.41) is 12.0. The molecule has 0 aromatic heterocycles. The monoisotopic (exact) mass is 283 g/mol. The van der Waals surface area contributed by atoms with E-state index in [2.05, 4.69) is 5.32 Å². The summed E-state index contributed by atoms with van der Waals surface area (Å²) in [6, 6.07) is 4.41. The fraction of sp³-hybridized carbons (Fsp3) is 0.500. The van der Waals surface area contributed by atoms with Crippen LogP contribution in [0.2, 0.25) is 0 Å². The molecule has 1 unspecified atom stereocenters. The van der Waals surface area contributed by atoms with Crippen LogP contribution in [0.4, 0.5) is 5.69 Å². The van der Waals surface area contributed by atoms with Gasteiger partial charge in [-0.25, -0.2) is 4.79 Å². The average molecular weight is 283 g/mol. The minimum Gasteiger partial charge on any atom is -0.494 e. The molecule has 2 N–H and O–H groups in total. The highest BCUT2D eigenvalue weighted by molar-refractivity contribution is 5.78. The lowest BCUT2D eigenvalue weighted by Crippen LogP contribution is -2.33. The van der Waals surface area contributed by atoms with Gasteiger partial charge < -0.3 is 24.6 Å². The molecule has 0 aliphatic heterocycles. The summed E-state index contributed by atoms with van der Waals surface area (Å²) < 4.78 is 15.8. The van der Waals surface area contributed by atoms with Crippen molar-refractivity contribution in [1.82, 2.24) is 0 Å². The van der Waals surface area contributed by atoms with Crippen molar-refractivity contribution >= 4 is 11.7 Å². The van der Waals surface area contributed by atoms with Crippen molar-refractivity contribution in [3.8, 4) is 11.5 Å². The zero-order chi connectivity index (χ0) is 15.0. The first-order valence-electron chi connectivity index (χ1n) is 6.50. The minimum atomic E-state index is -0.990. The van der Waals surface area contributed by atoms with Gasteiger partial charge in [0.05, 0.1) is 25.5 Å². The summed E-state index contributed by atoms with van der Waals surface area (Å²) in [6.45, 7) is 4.83. The predicted molar refractivity (Wildman–Crippen MR) is 75.7 cm³/mol. The van der Waals surface area contributed by atoms with Crippen molar-refractivity contribution in [1.29, 1.82) is 0 Å². The Balaban J connectivity index is 2.97. The number of carboxylic acids is 1. The molecule has 1 rings (SSSR count). The molecule has 0 fully saturated rings. The Morgan fingerprint density at radius 1 is 1.30 bits per heavy atom. The van der Waals surface area contributed by atoms with E-state index in [0.29, 0.717) is 30.4 Å². The number of carbonyl (C=O) groups is 1. The maximum Gasteiger partial charge on any atom is 0.328 e. The zero-order valence-corrected chi connectivity index (χ0v) is 12.0. The fourth-order valence-electron chi connectivity index (χ4n) is 1.69. The second-order valence-electron chi connectivity index (χ2n) is 4.01. The molecule has 0 radical (unpaired) electrons. The number of hydrogen-bond donors (Lipinski definition) is 2. The number of benzene rings is 1. The van der Waals surface area contributed by atoms with Crippen LogP contribution in [-0.2, 0) is 9.53 Å². The van der Waals surface area contributed by atoms with Crippen LogP contribution < -0.4 is 14.8 Å². The van der Waals surface area contributed by atoms with Crippen LogP contribution in [0.15, 0.2) is 18.2 Å². The molecule has 6 heteroatoms. The van der Waals surface area contributed by atoms with E-state index >= 15 is 0 Å². The van der Waals surface area contributed by atoms with Crippen LogP contribution in [0.3, 0.4) is 0 Å². The van der Waals surface area contributed by atoms with Crippen LogP contribution in [0.25, 0.3) is 0 Å². The van der Waals surface area contributed by atoms with Crippen molar-refractivity contribution in [3.05, 3.63) is 18.2 Å². The minimum absolute atomic E-state index is 0.0553. The van der Waals surface area contributed by atoms with Gasteiger partial charge in [-0.3, -0.25) is 0 Å². The number of aliphatic carboxylic acids is 1. The van der Waals surface area contributed by atoms with Crippen LogP contribution >= 0.6 is 0 Å². The Bertz CT molecular complexity index is 436. The first-order chi connectivity index (χ1) is 9.62. The fourth-order valence-corrected chi connectivity index (χ4v) is 1.69. The highest BCUT2D eigenvalue weighted by Crippen LogP contribution is 2.30. The molecule has 0 amide bonds. The summed E-state index contributed by atoms with van der Waals surface area (Å²) in [5.74, 6) is 0.245. The number of ether oxygens (including phenoxy) is 3. The Hall–Kier alpha value is -1.95. The lowest BCUT2D eigenvalue weighted by molar-refractivity contribution is -0.139. The number of methoxy groups -OCH3 is 1. The number of anilines is 1. The smallest absolute Gasteiger partial charge is 0.328 e. The summed E-state index contributed by atoms with van der Waals surface area (Å²) in [7, 11) is 1.46. The first kappa shape index (κ1) is 16.1. The van der Waals surface area contributed by atoms with E-state index in [-0.39, 0.29) is 6.61 Å². The summed E-state index contributed by atoms with van der Waals surface area (Å²) >= 11 is 0. The maximum atomic E-state index is 11.2. The van der Waals surface area contributed by atoms with E-state index in [0.717, 1.165) is 0 Å². The van der Waals surface area contributed by atoms with Gasteiger partial charge in [-0.2, -0.15) is 0 Å². The lowest BCUT2D eigenvalue weighted by atomic mass is 10.2. The quantitative estimate of drug-likeness (QED) is 0.722. The average Bonchev–Trinajstić information content (AvgIpc) is 2.41. The van der Waals surface area contributed by atoms with Crippen LogP contribution in [0.1, 0.15) is 13.8 Å². The van der Waals surface area contributed by atoms with E-state index in [4.69, 9.17) is 19.3 Å².